The van der Waals surface area contributed by atoms with Crippen molar-refractivity contribution in [2.75, 3.05) is 33.3 Å². The molecule has 0 aliphatic carbocycles. The Morgan fingerprint density at radius 1 is 1.09 bits per heavy atom. The van der Waals surface area contributed by atoms with Crippen molar-refractivity contribution in [1.29, 1.82) is 5.26 Å². The molecule has 0 saturated carbocycles. The third-order valence-corrected chi connectivity index (χ3v) is 13.1. The highest BCUT2D eigenvalue weighted by Crippen LogP contribution is 2.63. The van der Waals surface area contributed by atoms with E-state index in [-0.39, 0.29) is 36.7 Å². The van der Waals surface area contributed by atoms with E-state index in [1.54, 1.807) is 13.0 Å². The van der Waals surface area contributed by atoms with Crippen LogP contribution in [-0.4, -0.2) is 101 Å². The highest BCUT2D eigenvalue weighted by Gasteiger charge is 2.60. The fourth-order valence-corrected chi connectivity index (χ4v) is 10.7. The van der Waals surface area contributed by atoms with Gasteiger partial charge < -0.3 is 39.8 Å². The molecule has 2 unspecified atom stereocenters. The fraction of sp³-hybridized carbons (Fsp3) is 0.415. The van der Waals surface area contributed by atoms with Crippen molar-refractivity contribution in [3.63, 3.8) is 0 Å². The molecule has 4 bridgehead atoms. The van der Waals surface area contributed by atoms with Crippen molar-refractivity contribution in [2.45, 2.75) is 74.7 Å². The number of piperazine rings is 1. The van der Waals surface area contributed by atoms with Gasteiger partial charge in [-0.1, -0.05) is 36.4 Å². The second-order valence-corrected chi connectivity index (χ2v) is 16.0. The van der Waals surface area contributed by atoms with E-state index in [2.05, 4.69) is 26.5 Å². The second-order valence-electron chi connectivity index (χ2n) is 14.8. The third-order valence-electron chi connectivity index (χ3n) is 11.7. The summed E-state index contributed by atoms with van der Waals surface area (Å²) in [6.07, 6.45) is 3.45. The number of phenolic OH excluding ortho intramolecular Hbond substituents is 2. The summed E-state index contributed by atoms with van der Waals surface area (Å²) in [5.74, 6) is -0.541. The lowest BCUT2D eigenvalue weighted by molar-refractivity contribution is -0.152. The summed E-state index contributed by atoms with van der Waals surface area (Å²) in [4.78, 5) is 44.3. The predicted octanol–water partition coefficient (Wildman–Crippen LogP) is 3.71. The summed E-state index contributed by atoms with van der Waals surface area (Å²) in [5, 5.41) is 39.7. The molecule has 6 aliphatic heterocycles. The van der Waals surface area contributed by atoms with Gasteiger partial charge in [0.05, 0.1) is 30.5 Å². The SMILES string of the molecule is COc1c(C)cc2c(c1O)[C@@H]1C3[C@@H]4SC[C@H](NC(=O)C(C)NC(=O)/C=C/c5ccccc5)C(=O)OC[C@@H](c5c6c(c(C)c(O)c54)OCO6)N3[C@@H](C#N)[C@H](C2)N1C. The lowest BCUT2D eigenvalue weighted by atomic mass is 9.71. The maximum atomic E-state index is 13.9. The zero-order chi connectivity index (χ0) is 39.6. The number of amides is 2. The summed E-state index contributed by atoms with van der Waals surface area (Å²) in [6, 6.07) is 8.90. The number of ether oxygens (including phenoxy) is 4. The molecule has 15 heteroatoms. The highest BCUT2D eigenvalue weighted by molar-refractivity contribution is 7.99. The molecule has 0 radical (unpaired) electrons. The van der Waals surface area contributed by atoms with Crippen LogP contribution < -0.4 is 24.8 Å². The van der Waals surface area contributed by atoms with E-state index >= 15 is 0 Å². The normalized spacial score (nSPS) is 26.9. The van der Waals surface area contributed by atoms with Gasteiger partial charge in [0.2, 0.25) is 18.6 Å². The number of likely N-dealkylation sites (N-methyl/N-ethyl adjacent to an activating group) is 1. The van der Waals surface area contributed by atoms with Crippen molar-refractivity contribution in [2.24, 2.45) is 0 Å². The largest absolute Gasteiger partial charge is 0.507 e. The molecular weight excluding hydrogens is 739 g/mol. The van der Waals surface area contributed by atoms with Crippen LogP contribution in [0.4, 0.5) is 0 Å². The van der Waals surface area contributed by atoms with Crippen molar-refractivity contribution >= 4 is 35.6 Å². The quantitative estimate of drug-likeness (QED) is 0.210. The van der Waals surface area contributed by atoms with E-state index in [9.17, 15) is 29.9 Å². The second kappa shape index (κ2) is 14.6. The Morgan fingerprint density at radius 2 is 1.84 bits per heavy atom. The molecule has 6 aliphatic rings. The summed E-state index contributed by atoms with van der Waals surface area (Å²) in [7, 11) is 3.46. The van der Waals surface area contributed by atoms with Crippen LogP contribution in [-0.2, 0) is 25.5 Å². The zero-order valence-electron chi connectivity index (χ0n) is 31.6. The Kier molecular flexibility index (Phi) is 9.76. The number of rotatable bonds is 6. The molecule has 8 atom stereocenters. The zero-order valence-corrected chi connectivity index (χ0v) is 32.4. The van der Waals surface area contributed by atoms with Gasteiger partial charge >= 0.3 is 5.97 Å². The highest BCUT2D eigenvalue weighted by atomic mass is 32.2. The van der Waals surface area contributed by atoms with Crippen molar-refractivity contribution in [3.05, 3.63) is 81.4 Å². The number of nitriles is 1. The molecule has 3 aromatic rings. The third kappa shape index (κ3) is 5.98. The average molecular weight is 782 g/mol. The van der Waals surface area contributed by atoms with Gasteiger partial charge in [-0.2, -0.15) is 5.26 Å². The first kappa shape index (κ1) is 37.5. The number of methoxy groups -OCH3 is 1. The molecule has 56 heavy (non-hydrogen) atoms. The number of benzene rings is 3. The van der Waals surface area contributed by atoms with Crippen LogP contribution in [0.5, 0.6) is 28.7 Å². The minimum atomic E-state index is -1.13. The maximum absolute atomic E-state index is 13.9. The van der Waals surface area contributed by atoms with Crippen molar-refractivity contribution in [1.82, 2.24) is 20.4 Å². The molecule has 9 rings (SSSR count). The lowest BCUT2D eigenvalue weighted by Crippen LogP contribution is -2.69. The van der Waals surface area contributed by atoms with Gasteiger partial charge in [0.1, 0.15) is 30.5 Å². The summed E-state index contributed by atoms with van der Waals surface area (Å²) >= 11 is 1.33. The standard InChI is InChI=1S/C41H43N5O9S/c1-19-13-23-14-25-26(15-42)46-27-16-53-41(51)24(44-40(50)21(3)43-28(47)12-11-22-9-7-6-8-10-22)17-56-39(31-30(27)38-37(54-18-55-38)20(2)34(31)48)33(46)32(45(25)4)29(23)35(49)36(19)52-5/h6-13,21,24-27,32-33,39,48-49H,14,16-18H2,1-5H3,(H,43,47)(H,44,50)/b12-11+/t21?,24-,25-,26-,27-,32+,33?,39+/m0/s1. The minimum Gasteiger partial charge on any atom is -0.507 e. The van der Waals surface area contributed by atoms with Crippen LogP contribution in [0.1, 0.15) is 63.2 Å². The topological polar surface area (TPSA) is 183 Å². The van der Waals surface area contributed by atoms with Gasteiger partial charge in [-0.05, 0) is 57.0 Å². The van der Waals surface area contributed by atoms with Crippen LogP contribution in [0.3, 0.4) is 0 Å². The van der Waals surface area contributed by atoms with E-state index in [1.807, 2.05) is 50.4 Å². The first-order chi connectivity index (χ1) is 26.9. The molecule has 6 heterocycles. The van der Waals surface area contributed by atoms with Crippen molar-refractivity contribution < 1.29 is 43.5 Å². The number of fused-ring (bicyclic) bond motifs is 10. The number of carbonyl (C=O) groups is 3. The molecule has 3 aromatic carbocycles. The van der Waals surface area contributed by atoms with Crippen LogP contribution in [0.15, 0.2) is 42.5 Å². The van der Waals surface area contributed by atoms with Gasteiger partial charge in [-0.25, -0.2) is 4.79 Å². The lowest BCUT2D eigenvalue weighted by Gasteiger charge is -2.61. The molecule has 14 nitrogen and oxygen atoms in total. The Labute approximate surface area is 328 Å². The minimum absolute atomic E-state index is 0.00111. The number of carbonyl (C=O) groups excluding carboxylic acids is 3. The molecule has 0 spiro atoms. The van der Waals surface area contributed by atoms with Gasteiger partial charge in [-0.15, -0.1) is 11.8 Å². The van der Waals surface area contributed by atoms with Gasteiger partial charge in [-0.3, -0.25) is 19.4 Å². The molecule has 0 aromatic heterocycles. The average Bonchev–Trinajstić information content (AvgIpc) is 3.68. The molecule has 2 fully saturated rings. The summed E-state index contributed by atoms with van der Waals surface area (Å²) in [5.41, 5.74) is 4.80. The molecule has 2 saturated heterocycles. The smallest absolute Gasteiger partial charge is 0.329 e. The molecule has 292 valence electrons. The number of phenols is 2. The summed E-state index contributed by atoms with van der Waals surface area (Å²) in [6.45, 7) is 4.85. The van der Waals surface area contributed by atoms with E-state index in [1.165, 1.54) is 31.9 Å². The first-order valence-corrected chi connectivity index (χ1v) is 19.5. The van der Waals surface area contributed by atoms with Crippen LogP contribution in [0.2, 0.25) is 0 Å². The van der Waals surface area contributed by atoms with Crippen LogP contribution in [0, 0.1) is 25.2 Å². The van der Waals surface area contributed by atoms with Crippen molar-refractivity contribution in [3.8, 4) is 34.8 Å². The predicted molar refractivity (Wildman–Crippen MR) is 205 cm³/mol. The Morgan fingerprint density at radius 3 is 2.57 bits per heavy atom. The fourth-order valence-electron chi connectivity index (χ4n) is 9.17. The van der Waals surface area contributed by atoms with E-state index in [0.29, 0.717) is 45.9 Å². The number of aromatic hydroxyl groups is 2. The van der Waals surface area contributed by atoms with Gasteiger partial charge in [0.25, 0.3) is 0 Å². The number of hydrogen-bond donors (Lipinski definition) is 4. The monoisotopic (exact) mass is 781 g/mol. The summed E-state index contributed by atoms with van der Waals surface area (Å²) < 4.78 is 23.7. The number of nitrogens with one attached hydrogen (secondary N) is 2. The Hall–Kier alpha value is -5.43. The van der Waals surface area contributed by atoms with E-state index in [4.69, 9.17) is 18.9 Å². The first-order valence-electron chi connectivity index (χ1n) is 18.5. The number of hydrogen-bond acceptors (Lipinski definition) is 13. The van der Waals surface area contributed by atoms with Crippen LogP contribution >= 0.6 is 11.8 Å². The Bertz CT molecular complexity index is 2190. The van der Waals surface area contributed by atoms with Gasteiger partial charge in [0.15, 0.2) is 23.0 Å². The number of aryl methyl sites for hydroxylation is 1. The van der Waals surface area contributed by atoms with Crippen LogP contribution in [0.25, 0.3) is 6.08 Å². The van der Waals surface area contributed by atoms with E-state index < -0.39 is 59.3 Å². The molecule has 4 N–H and O–H groups in total. The number of esters is 1. The Balaban J connectivity index is 1.19. The molecular formula is C41H43N5O9S. The number of nitrogens with zero attached hydrogens (tertiary/aromatic N) is 3. The molecule has 2 amide bonds. The number of thioether (sulfide) groups is 1. The van der Waals surface area contributed by atoms with Gasteiger partial charge in [0, 0.05) is 46.2 Å². The maximum Gasteiger partial charge on any atom is 0.329 e. The van der Waals surface area contributed by atoms with E-state index in [0.717, 1.165) is 16.7 Å².